The summed E-state index contributed by atoms with van der Waals surface area (Å²) in [7, 11) is 0. The van der Waals surface area contributed by atoms with Gasteiger partial charge in [-0.2, -0.15) is 0 Å². The van der Waals surface area contributed by atoms with Crippen LogP contribution in [0.15, 0.2) is 0 Å². The third-order valence-corrected chi connectivity index (χ3v) is 20.9. The third-order valence-electron chi connectivity index (χ3n) is 20.9. The van der Waals surface area contributed by atoms with Gasteiger partial charge >= 0.3 is 17.9 Å². The van der Waals surface area contributed by atoms with E-state index < -0.39 is 5.60 Å². The molecule has 0 atom stereocenters. The Morgan fingerprint density at radius 2 is 0.298 bits per heavy atom. The molecule has 0 radical (unpaired) electrons. The van der Waals surface area contributed by atoms with Crippen molar-refractivity contribution in [3.05, 3.63) is 0 Å². The van der Waals surface area contributed by atoms with Crippen LogP contribution in [-0.2, 0) is 28.6 Å². The van der Waals surface area contributed by atoms with Crippen LogP contribution in [0.5, 0.6) is 0 Å². The lowest BCUT2D eigenvalue weighted by atomic mass is 10.0. The molecule has 0 spiro atoms. The second-order valence-corrected chi connectivity index (χ2v) is 31.0. The van der Waals surface area contributed by atoms with E-state index in [4.69, 9.17) is 14.2 Å². The van der Waals surface area contributed by atoms with Crippen LogP contribution < -0.4 is 0 Å². The zero-order valence-electron chi connectivity index (χ0n) is 65.0. The highest BCUT2D eigenvalue weighted by molar-refractivity contribution is 5.71. The number of unbranched alkanes of at least 4 members (excludes halogenated alkanes) is 72. The van der Waals surface area contributed by atoms with Crippen LogP contribution in [0.2, 0.25) is 0 Å². The van der Waals surface area contributed by atoms with E-state index in [0.29, 0.717) is 19.3 Å². The van der Waals surface area contributed by atoms with Crippen LogP contribution in [0.25, 0.3) is 0 Å². The van der Waals surface area contributed by atoms with E-state index in [0.717, 1.165) is 57.8 Å². The Kier molecular flexibility index (Phi) is 79.0. The van der Waals surface area contributed by atoms with E-state index >= 15 is 0 Å². The number of carbonyl (C=O) groups is 3. The average molecular weight is 1330 g/mol. The van der Waals surface area contributed by atoms with E-state index in [2.05, 4.69) is 20.8 Å². The lowest BCUT2D eigenvalue weighted by molar-refractivity contribution is -0.182. The summed E-state index contributed by atoms with van der Waals surface area (Å²) < 4.78 is 17.5. The molecule has 0 N–H and O–H groups in total. The second-order valence-electron chi connectivity index (χ2n) is 31.0. The molecule has 0 bridgehead atoms. The van der Waals surface area contributed by atoms with Gasteiger partial charge in [-0.25, -0.2) is 0 Å². The smallest absolute Gasteiger partial charge is 0.306 e. The molecule has 0 heterocycles. The summed E-state index contributed by atoms with van der Waals surface area (Å²) in [5, 5.41) is 0. The molecule has 0 aliphatic rings. The summed E-state index contributed by atoms with van der Waals surface area (Å²) in [5.74, 6) is -0.833. The molecule has 0 amide bonds. The highest BCUT2D eigenvalue weighted by atomic mass is 16.6. The van der Waals surface area contributed by atoms with Crippen LogP contribution in [-0.4, -0.2) is 36.7 Å². The molecule has 0 saturated carbocycles. The van der Waals surface area contributed by atoms with Gasteiger partial charge in [0, 0.05) is 19.3 Å². The van der Waals surface area contributed by atoms with Gasteiger partial charge in [0.2, 0.25) is 0 Å². The topological polar surface area (TPSA) is 78.9 Å². The predicted molar refractivity (Wildman–Crippen MR) is 414 cm³/mol. The minimum Gasteiger partial charge on any atom is -0.461 e. The van der Waals surface area contributed by atoms with Crippen LogP contribution in [0.4, 0.5) is 0 Å². The minimum atomic E-state index is -1.20. The van der Waals surface area contributed by atoms with E-state index in [1.165, 1.54) is 424 Å². The van der Waals surface area contributed by atoms with E-state index in [-0.39, 0.29) is 31.1 Å². The first kappa shape index (κ1) is 92.4. The SMILES string of the molecule is CCCCCCCCCCCCCCCCCCCCCCCCCCCC(=O)OCC(C)(COC(=O)CCCCCCCCCCCCCCCCCCCCCCCCCCC)OC(=O)CCCCCCCCCCCCCCCCCCCCCCCCCCC. The summed E-state index contributed by atoms with van der Waals surface area (Å²) in [6, 6.07) is 0. The molecule has 6 nitrogen and oxygen atoms in total. The number of rotatable bonds is 83. The fourth-order valence-corrected chi connectivity index (χ4v) is 14.3. The maximum absolute atomic E-state index is 13.3. The Morgan fingerprint density at radius 3 is 0.436 bits per heavy atom. The first-order chi connectivity index (χ1) is 46.4. The zero-order valence-corrected chi connectivity index (χ0v) is 65.0. The average Bonchev–Trinajstić information content (AvgIpc) is 2.11. The van der Waals surface area contributed by atoms with Gasteiger partial charge in [-0.1, -0.05) is 483 Å². The van der Waals surface area contributed by atoms with Gasteiger partial charge in [-0.05, 0) is 26.2 Å². The van der Waals surface area contributed by atoms with E-state index in [1.807, 2.05) is 0 Å². The monoisotopic (exact) mass is 1330 g/mol. The molecule has 0 rings (SSSR count). The Balaban J connectivity index is 4.33. The summed E-state index contributed by atoms with van der Waals surface area (Å²) in [5.41, 5.74) is -1.20. The molecule has 0 aromatic heterocycles. The van der Waals surface area contributed by atoms with Gasteiger partial charge in [0.05, 0.1) is 0 Å². The molecule has 0 unspecified atom stereocenters. The van der Waals surface area contributed by atoms with Crippen molar-refractivity contribution in [2.24, 2.45) is 0 Å². The zero-order chi connectivity index (χ0) is 67.9. The number of hydrogen-bond donors (Lipinski definition) is 0. The predicted octanol–water partition coefficient (Wildman–Crippen LogP) is 30.9. The van der Waals surface area contributed by atoms with Crippen LogP contribution in [0, 0.1) is 0 Å². The van der Waals surface area contributed by atoms with Crippen molar-refractivity contribution >= 4 is 17.9 Å². The van der Waals surface area contributed by atoms with Gasteiger partial charge in [-0.15, -0.1) is 0 Å². The molecule has 94 heavy (non-hydrogen) atoms. The minimum absolute atomic E-state index is 0.0940. The summed E-state index contributed by atoms with van der Waals surface area (Å²) >= 11 is 0. The summed E-state index contributed by atoms with van der Waals surface area (Å²) in [6.45, 7) is 8.47. The normalized spacial score (nSPS) is 11.7. The number of ether oxygens (including phenoxy) is 3. The van der Waals surface area contributed by atoms with Crippen molar-refractivity contribution < 1.29 is 28.6 Å². The van der Waals surface area contributed by atoms with Gasteiger partial charge in [0.15, 0.2) is 5.60 Å². The Morgan fingerprint density at radius 1 is 0.181 bits per heavy atom. The molecular weight excluding hydrogens is 1150 g/mol. The fourth-order valence-electron chi connectivity index (χ4n) is 14.3. The van der Waals surface area contributed by atoms with E-state index in [1.54, 1.807) is 6.92 Å². The number of hydrogen-bond acceptors (Lipinski definition) is 6. The highest BCUT2D eigenvalue weighted by Crippen LogP contribution is 2.23. The van der Waals surface area contributed by atoms with Crippen LogP contribution in [0.3, 0.4) is 0 Å². The summed E-state index contributed by atoms with van der Waals surface area (Å²) in [6.07, 6.45) is 103. The van der Waals surface area contributed by atoms with E-state index in [9.17, 15) is 14.4 Å². The van der Waals surface area contributed by atoms with Gasteiger partial charge in [-0.3, -0.25) is 14.4 Å². The van der Waals surface area contributed by atoms with Crippen LogP contribution in [0.1, 0.15) is 529 Å². The molecule has 560 valence electrons. The van der Waals surface area contributed by atoms with Crippen molar-refractivity contribution in [2.75, 3.05) is 13.2 Å². The molecule has 0 fully saturated rings. The largest absolute Gasteiger partial charge is 0.461 e. The number of carbonyl (C=O) groups excluding carboxylic acids is 3. The standard InChI is InChI=1S/C88H172O6/c1-5-8-11-14-17-20-23-26-29-32-35-38-41-44-47-50-53-56-59-62-65-68-71-74-77-80-85(89)92-83-88(4,94-87(91)82-79-76-73-70-67-64-61-58-55-52-49-46-43-40-37-34-31-28-25-22-19-16-13-10-7-3)84-93-86(90)81-78-75-72-69-66-63-60-57-54-51-48-45-42-39-36-33-30-27-24-21-18-15-12-9-6-2/h5-84H2,1-4H3. The quantitative estimate of drug-likeness (QED) is 0.0343. The summed E-state index contributed by atoms with van der Waals surface area (Å²) in [4.78, 5) is 39.3. The van der Waals surface area contributed by atoms with Crippen LogP contribution >= 0.6 is 0 Å². The van der Waals surface area contributed by atoms with Crippen molar-refractivity contribution in [3.63, 3.8) is 0 Å². The second kappa shape index (κ2) is 80.4. The molecule has 0 aromatic carbocycles. The maximum atomic E-state index is 13.3. The Hall–Kier alpha value is -1.59. The van der Waals surface area contributed by atoms with Crippen molar-refractivity contribution in [1.29, 1.82) is 0 Å². The first-order valence-corrected chi connectivity index (χ1v) is 43.9. The third kappa shape index (κ3) is 77.8. The number of esters is 3. The molecule has 0 aliphatic carbocycles. The molecule has 6 heteroatoms. The van der Waals surface area contributed by atoms with Crippen molar-refractivity contribution in [3.8, 4) is 0 Å². The van der Waals surface area contributed by atoms with Gasteiger partial charge in [0.25, 0.3) is 0 Å². The first-order valence-electron chi connectivity index (χ1n) is 43.9. The highest BCUT2D eigenvalue weighted by Gasteiger charge is 2.33. The Labute approximate surface area is 590 Å². The maximum Gasteiger partial charge on any atom is 0.306 e. The Bertz CT molecular complexity index is 1390. The van der Waals surface area contributed by atoms with Crippen molar-refractivity contribution in [1.82, 2.24) is 0 Å². The van der Waals surface area contributed by atoms with Gasteiger partial charge < -0.3 is 14.2 Å². The molecular formula is C88H172O6. The van der Waals surface area contributed by atoms with Gasteiger partial charge in [0.1, 0.15) is 13.2 Å². The lowest BCUT2D eigenvalue weighted by Crippen LogP contribution is -2.42. The molecule has 0 saturated heterocycles. The molecule has 0 aliphatic heterocycles. The molecule has 0 aromatic rings. The van der Waals surface area contributed by atoms with Crippen molar-refractivity contribution in [2.45, 2.75) is 534 Å². The lowest BCUT2D eigenvalue weighted by Gasteiger charge is -2.28. The fraction of sp³-hybridized carbons (Fsp3) is 0.966.